The molecule has 3 heterocycles. The first kappa shape index (κ1) is 17.5. The summed E-state index contributed by atoms with van der Waals surface area (Å²) in [5.41, 5.74) is 0.226. The predicted molar refractivity (Wildman–Crippen MR) is 89.2 cm³/mol. The molecule has 0 saturated carbocycles. The number of nitrogens with zero attached hydrogens (tertiary/aromatic N) is 2. The van der Waals surface area contributed by atoms with Crippen LogP contribution in [0.4, 0.5) is 0 Å². The number of hydrogen-bond acceptors (Lipinski definition) is 5. The van der Waals surface area contributed by atoms with Gasteiger partial charge in [0.05, 0.1) is 5.56 Å². The Balaban J connectivity index is 0.00000192. The fraction of sp³-hybridized carbons (Fsp3) is 0.533. The minimum Gasteiger partial charge on any atom is -0.442 e. The zero-order valence-electron chi connectivity index (χ0n) is 13.4. The molecular formula is C15H21ClN4O3. The van der Waals surface area contributed by atoms with E-state index in [4.69, 9.17) is 4.42 Å². The molecule has 1 fully saturated rings. The normalized spacial score (nSPS) is 21.0. The van der Waals surface area contributed by atoms with E-state index in [-0.39, 0.29) is 47.1 Å². The van der Waals surface area contributed by atoms with E-state index in [0.29, 0.717) is 11.3 Å². The van der Waals surface area contributed by atoms with Crippen LogP contribution in [0.15, 0.2) is 15.5 Å². The molecule has 8 heteroatoms. The lowest BCUT2D eigenvalue weighted by molar-refractivity contribution is 0.0919. The second kappa shape index (κ2) is 6.72. The smallest absolute Gasteiger partial charge is 0.265 e. The standard InChI is InChI=1S/C15H20N4O3.ClH/c1-8-10(5-4-6-16-8)18-13(20)11-9(2)22-14-12(11)15(21)19(3)7-17-14;/h7-8,10,16H,4-6H2,1-3H3,(H,18,20);1H. The molecule has 1 aliphatic rings. The van der Waals surface area contributed by atoms with Gasteiger partial charge < -0.3 is 19.6 Å². The third kappa shape index (κ3) is 3.11. The van der Waals surface area contributed by atoms with E-state index in [2.05, 4.69) is 15.6 Å². The summed E-state index contributed by atoms with van der Waals surface area (Å²) in [6, 6.07) is 0.253. The van der Waals surface area contributed by atoms with Crippen molar-refractivity contribution < 1.29 is 9.21 Å². The van der Waals surface area contributed by atoms with E-state index in [0.717, 1.165) is 19.4 Å². The van der Waals surface area contributed by atoms with Crippen LogP contribution in [0.3, 0.4) is 0 Å². The predicted octanol–water partition coefficient (Wildman–Crippen LogP) is 1.13. The Morgan fingerprint density at radius 3 is 2.96 bits per heavy atom. The van der Waals surface area contributed by atoms with E-state index in [1.807, 2.05) is 6.92 Å². The molecule has 2 aromatic rings. The number of rotatable bonds is 2. The zero-order chi connectivity index (χ0) is 15.9. The molecule has 2 atom stereocenters. The van der Waals surface area contributed by atoms with Crippen LogP contribution in [-0.4, -0.2) is 34.1 Å². The summed E-state index contributed by atoms with van der Waals surface area (Å²) in [6.45, 7) is 4.69. The van der Waals surface area contributed by atoms with Crippen LogP contribution in [0.25, 0.3) is 11.1 Å². The largest absolute Gasteiger partial charge is 0.442 e. The summed E-state index contributed by atoms with van der Waals surface area (Å²) in [5, 5.41) is 6.60. The summed E-state index contributed by atoms with van der Waals surface area (Å²) >= 11 is 0. The number of nitrogens with one attached hydrogen (secondary N) is 2. The third-order valence-corrected chi connectivity index (χ3v) is 4.25. The third-order valence-electron chi connectivity index (χ3n) is 4.25. The lowest BCUT2D eigenvalue weighted by Crippen LogP contribution is -2.52. The summed E-state index contributed by atoms with van der Waals surface area (Å²) in [4.78, 5) is 29.0. The number of halogens is 1. The van der Waals surface area contributed by atoms with Gasteiger partial charge in [0.1, 0.15) is 17.5 Å². The van der Waals surface area contributed by atoms with Gasteiger partial charge in [-0.2, -0.15) is 0 Å². The Morgan fingerprint density at radius 2 is 2.26 bits per heavy atom. The summed E-state index contributed by atoms with van der Waals surface area (Å²) < 4.78 is 6.82. The first-order valence-corrected chi connectivity index (χ1v) is 7.48. The molecule has 2 N–H and O–H groups in total. The Kier molecular flexibility index (Phi) is 5.11. The number of fused-ring (bicyclic) bond motifs is 1. The fourth-order valence-corrected chi connectivity index (χ4v) is 2.94. The van der Waals surface area contributed by atoms with Crippen LogP contribution >= 0.6 is 12.4 Å². The van der Waals surface area contributed by atoms with Crippen LogP contribution in [0, 0.1) is 6.92 Å². The fourth-order valence-electron chi connectivity index (χ4n) is 2.94. The van der Waals surface area contributed by atoms with Crippen molar-refractivity contribution >= 4 is 29.4 Å². The van der Waals surface area contributed by atoms with Crippen molar-refractivity contribution in [1.82, 2.24) is 20.2 Å². The Labute approximate surface area is 139 Å². The quantitative estimate of drug-likeness (QED) is 0.855. The number of carbonyl (C=O) groups excluding carboxylic acids is 1. The first-order chi connectivity index (χ1) is 10.5. The van der Waals surface area contributed by atoms with Crippen LogP contribution in [0.2, 0.25) is 0 Å². The molecule has 0 bridgehead atoms. The van der Waals surface area contributed by atoms with Gasteiger partial charge in [0.25, 0.3) is 11.5 Å². The van der Waals surface area contributed by atoms with E-state index in [1.165, 1.54) is 10.9 Å². The minimum absolute atomic E-state index is 0. The van der Waals surface area contributed by atoms with Gasteiger partial charge in [-0.15, -0.1) is 12.4 Å². The van der Waals surface area contributed by atoms with Crippen molar-refractivity contribution in [3.63, 3.8) is 0 Å². The Hall–Kier alpha value is -1.86. The molecule has 0 aromatic carbocycles. The number of furan rings is 1. The van der Waals surface area contributed by atoms with Crippen LogP contribution in [0.1, 0.15) is 35.9 Å². The first-order valence-electron chi connectivity index (χ1n) is 7.48. The second-order valence-electron chi connectivity index (χ2n) is 5.84. The highest BCUT2D eigenvalue weighted by molar-refractivity contribution is 6.06. The highest BCUT2D eigenvalue weighted by Gasteiger charge is 2.27. The van der Waals surface area contributed by atoms with Crippen LogP contribution in [-0.2, 0) is 7.05 Å². The van der Waals surface area contributed by atoms with Gasteiger partial charge in [-0.1, -0.05) is 0 Å². The molecule has 1 amide bonds. The summed E-state index contributed by atoms with van der Waals surface area (Å²) in [7, 11) is 1.60. The maximum atomic E-state index is 12.6. The highest BCUT2D eigenvalue weighted by Crippen LogP contribution is 2.21. The Morgan fingerprint density at radius 1 is 1.52 bits per heavy atom. The zero-order valence-corrected chi connectivity index (χ0v) is 14.2. The average Bonchev–Trinajstić information content (AvgIpc) is 2.82. The van der Waals surface area contributed by atoms with Gasteiger partial charge in [-0.3, -0.25) is 9.59 Å². The molecule has 0 radical (unpaired) electrons. The molecule has 3 rings (SSSR count). The topological polar surface area (TPSA) is 89.2 Å². The summed E-state index contributed by atoms with van der Waals surface area (Å²) in [6.07, 6.45) is 3.33. The molecule has 7 nitrogen and oxygen atoms in total. The van der Waals surface area contributed by atoms with Gasteiger partial charge in [0.2, 0.25) is 5.71 Å². The van der Waals surface area contributed by atoms with Crippen molar-refractivity contribution in [2.75, 3.05) is 6.54 Å². The van der Waals surface area contributed by atoms with E-state index in [9.17, 15) is 9.59 Å². The van der Waals surface area contributed by atoms with Crippen molar-refractivity contribution in [2.24, 2.45) is 7.05 Å². The molecule has 126 valence electrons. The van der Waals surface area contributed by atoms with Crippen LogP contribution in [0.5, 0.6) is 0 Å². The number of carbonyl (C=O) groups is 1. The molecule has 2 unspecified atom stereocenters. The number of aryl methyl sites for hydroxylation is 2. The lowest BCUT2D eigenvalue weighted by Gasteiger charge is -2.30. The number of amides is 1. The van der Waals surface area contributed by atoms with Crippen molar-refractivity contribution in [2.45, 2.75) is 38.8 Å². The Bertz CT molecular complexity index is 783. The second-order valence-corrected chi connectivity index (χ2v) is 5.84. The van der Waals surface area contributed by atoms with Gasteiger partial charge in [-0.05, 0) is 33.2 Å². The molecule has 0 aliphatic carbocycles. The van der Waals surface area contributed by atoms with Gasteiger partial charge in [0.15, 0.2) is 0 Å². The highest BCUT2D eigenvalue weighted by atomic mass is 35.5. The maximum Gasteiger partial charge on any atom is 0.265 e. The van der Waals surface area contributed by atoms with E-state index >= 15 is 0 Å². The lowest BCUT2D eigenvalue weighted by atomic mass is 9.99. The number of piperidine rings is 1. The molecule has 1 saturated heterocycles. The molecule has 1 aliphatic heterocycles. The van der Waals surface area contributed by atoms with Crippen molar-refractivity contribution in [3.05, 3.63) is 28.0 Å². The number of hydrogen-bond donors (Lipinski definition) is 2. The van der Waals surface area contributed by atoms with Gasteiger partial charge in [-0.25, -0.2) is 4.98 Å². The number of aromatic nitrogens is 2. The summed E-state index contributed by atoms with van der Waals surface area (Å²) in [5.74, 6) is 0.140. The average molecular weight is 341 g/mol. The SMILES string of the molecule is Cc1oc2ncn(C)c(=O)c2c1C(=O)NC1CCCNC1C.Cl. The van der Waals surface area contributed by atoms with Gasteiger partial charge >= 0.3 is 0 Å². The molecule has 23 heavy (non-hydrogen) atoms. The maximum absolute atomic E-state index is 12.6. The minimum atomic E-state index is -0.276. The van der Waals surface area contributed by atoms with Crippen molar-refractivity contribution in [1.29, 1.82) is 0 Å². The molecule has 2 aromatic heterocycles. The molecular weight excluding hydrogens is 320 g/mol. The molecule has 0 spiro atoms. The van der Waals surface area contributed by atoms with Crippen LogP contribution < -0.4 is 16.2 Å². The van der Waals surface area contributed by atoms with E-state index < -0.39 is 0 Å². The van der Waals surface area contributed by atoms with Gasteiger partial charge in [0, 0.05) is 19.1 Å². The monoisotopic (exact) mass is 340 g/mol. The van der Waals surface area contributed by atoms with E-state index in [1.54, 1.807) is 14.0 Å². The van der Waals surface area contributed by atoms with Crippen molar-refractivity contribution in [3.8, 4) is 0 Å².